The predicted molar refractivity (Wildman–Crippen MR) is 103 cm³/mol. The SMILES string of the molecule is COc1ccc(Cl)cc1C(=O)NCCCc1cccc2ccccc12. The highest BCUT2D eigenvalue weighted by Gasteiger charge is 2.12. The number of benzene rings is 3. The van der Waals surface area contributed by atoms with Gasteiger partial charge >= 0.3 is 0 Å². The molecule has 0 bridgehead atoms. The smallest absolute Gasteiger partial charge is 0.255 e. The molecular weight excluding hydrogens is 334 g/mol. The third-order valence-corrected chi connectivity index (χ3v) is 4.43. The number of carbonyl (C=O) groups excluding carboxylic acids is 1. The van der Waals surface area contributed by atoms with Crippen LogP contribution in [0.5, 0.6) is 5.75 Å². The van der Waals surface area contributed by atoms with Crippen LogP contribution in [0.2, 0.25) is 5.02 Å². The maximum Gasteiger partial charge on any atom is 0.255 e. The number of fused-ring (bicyclic) bond motifs is 1. The minimum absolute atomic E-state index is 0.169. The zero-order valence-corrected chi connectivity index (χ0v) is 14.8. The molecule has 0 aliphatic carbocycles. The second kappa shape index (κ2) is 8.04. The van der Waals surface area contributed by atoms with Crippen LogP contribution in [-0.4, -0.2) is 19.6 Å². The summed E-state index contributed by atoms with van der Waals surface area (Å²) in [6, 6.07) is 19.7. The highest BCUT2D eigenvalue weighted by Crippen LogP contribution is 2.23. The summed E-state index contributed by atoms with van der Waals surface area (Å²) in [5.74, 6) is 0.355. The Kier molecular flexibility index (Phi) is 5.56. The number of methoxy groups -OCH3 is 1. The molecule has 128 valence electrons. The van der Waals surface area contributed by atoms with Crippen LogP contribution in [0.25, 0.3) is 10.8 Å². The number of ether oxygens (including phenoxy) is 1. The first kappa shape index (κ1) is 17.3. The second-order valence-corrected chi connectivity index (χ2v) is 6.28. The van der Waals surface area contributed by atoms with E-state index < -0.39 is 0 Å². The van der Waals surface area contributed by atoms with E-state index in [0.29, 0.717) is 22.9 Å². The number of hydrogen-bond acceptors (Lipinski definition) is 2. The lowest BCUT2D eigenvalue weighted by Crippen LogP contribution is -2.25. The molecule has 0 radical (unpaired) electrons. The lowest BCUT2D eigenvalue weighted by molar-refractivity contribution is 0.0950. The normalized spacial score (nSPS) is 10.6. The van der Waals surface area contributed by atoms with Gasteiger partial charge in [0.15, 0.2) is 0 Å². The molecule has 3 rings (SSSR count). The molecule has 3 aromatic carbocycles. The molecule has 0 aromatic heterocycles. The summed E-state index contributed by atoms with van der Waals surface area (Å²) in [5.41, 5.74) is 1.76. The molecule has 1 amide bonds. The van der Waals surface area contributed by atoms with E-state index in [2.05, 4.69) is 41.7 Å². The fourth-order valence-electron chi connectivity index (χ4n) is 2.94. The first-order valence-corrected chi connectivity index (χ1v) is 8.65. The van der Waals surface area contributed by atoms with E-state index >= 15 is 0 Å². The van der Waals surface area contributed by atoms with Gasteiger partial charge in [0, 0.05) is 11.6 Å². The minimum Gasteiger partial charge on any atom is -0.496 e. The van der Waals surface area contributed by atoms with Crippen molar-refractivity contribution < 1.29 is 9.53 Å². The summed E-state index contributed by atoms with van der Waals surface area (Å²) in [4.78, 5) is 12.4. The van der Waals surface area contributed by atoms with E-state index in [-0.39, 0.29) is 5.91 Å². The molecule has 3 nitrogen and oxygen atoms in total. The molecule has 0 aliphatic heterocycles. The zero-order valence-electron chi connectivity index (χ0n) is 14.1. The largest absolute Gasteiger partial charge is 0.496 e. The number of aryl methyl sites for hydroxylation is 1. The van der Waals surface area contributed by atoms with Gasteiger partial charge in [0.05, 0.1) is 12.7 Å². The van der Waals surface area contributed by atoms with E-state index in [4.69, 9.17) is 16.3 Å². The standard InChI is InChI=1S/C21H20ClNO2/c1-25-20-12-11-17(22)14-19(20)21(24)23-13-5-9-16-8-4-7-15-6-2-3-10-18(15)16/h2-4,6-8,10-12,14H,5,9,13H2,1H3,(H,23,24). The van der Waals surface area contributed by atoms with Crippen molar-refractivity contribution in [2.24, 2.45) is 0 Å². The van der Waals surface area contributed by atoms with Gasteiger partial charge in [-0.3, -0.25) is 4.79 Å². The number of hydrogen-bond donors (Lipinski definition) is 1. The van der Waals surface area contributed by atoms with Crippen molar-refractivity contribution in [1.82, 2.24) is 5.32 Å². The Labute approximate surface area is 152 Å². The highest BCUT2D eigenvalue weighted by molar-refractivity contribution is 6.31. The Hall–Kier alpha value is -2.52. The van der Waals surface area contributed by atoms with Crippen LogP contribution in [0, 0.1) is 0 Å². The molecule has 25 heavy (non-hydrogen) atoms. The van der Waals surface area contributed by atoms with Crippen LogP contribution in [-0.2, 0) is 6.42 Å². The highest BCUT2D eigenvalue weighted by atomic mass is 35.5. The first-order valence-electron chi connectivity index (χ1n) is 8.27. The number of carbonyl (C=O) groups is 1. The van der Waals surface area contributed by atoms with Crippen LogP contribution < -0.4 is 10.1 Å². The monoisotopic (exact) mass is 353 g/mol. The predicted octanol–water partition coefficient (Wildman–Crippen LogP) is 4.86. The lowest BCUT2D eigenvalue weighted by atomic mass is 10.0. The topological polar surface area (TPSA) is 38.3 Å². The molecule has 4 heteroatoms. The Morgan fingerprint density at radius 2 is 1.88 bits per heavy atom. The molecule has 3 aromatic rings. The van der Waals surface area contributed by atoms with Gasteiger partial charge in [0.25, 0.3) is 5.91 Å². The summed E-state index contributed by atoms with van der Waals surface area (Å²) < 4.78 is 5.23. The van der Waals surface area contributed by atoms with Crippen molar-refractivity contribution in [3.8, 4) is 5.75 Å². The van der Waals surface area contributed by atoms with Crippen LogP contribution >= 0.6 is 11.6 Å². The van der Waals surface area contributed by atoms with Crippen molar-refractivity contribution >= 4 is 28.3 Å². The summed E-state index contributed by atoms with van der Waals surface area (Å²) >= 11 is 5.98. The molecule has 0 heterocycles. The molecule has 0 saturated heterocycles. The summed E-state index contributed by atoms with van der Waals surface area (Å²) in [7, 11) is 1.54. The number of amides is 1. The van der Waals surface area contributed by atoms with Gasteiger partial charge in [-0.2, -0.15) is 0 Å². The Morgan fingerprint density at radius 3 is 2.72 bits per heavy atom. The van der Waals surface area contributed by atoms with Crippen molar-refractivity contribution in [2.45, 2.75) is 12.8 Å². The van der Waals surface area contributed by atoms with Crippen LogP contribution in [0.1, 0.15) is 22.3 Å². The van der Waals surface area contributed by atoms with E-state index in [1.165, 1.54) is 16.3 Å². The van der Waals surface area contributed by atoms with E-state index in [9.17, 15) is 4.79 Å². The number of nitrogens with one attached hydrogen (secondary N) is 1. The van der Waals surface area contributed by atoms with Gasteiger partial charge < -0.3 is 10.1 Å². The summed E-state index contributed by atoms with van der Waals surface area (Å²) in [6.45, 7) is 0.595. The lowest BCUT2D eigenvalue weighted by Gasteiger charge is -2.10. The van der Waals surface area contributed by atoms with Crippen molar-refractivity contribution in [1.29, 1.82) is 0 Å². The second-order valence-electron chi connectivity index (χ2n) is 5.84. The molecular formula is C21H20ClNO2. The maximum absolute atomic E-state index is 12.4. The average Bonchev–Trinajstić information content (AvgIpc) is 2.65. The fraction of sp³-hybridized carbons (Fsp3) is 0.190. The van der Waals surface area contributed by atoms with Crippen LogP contribution in [0.3, 0.4) is 0 Å². The third kappa shape index (κ3) is 4.12. The van der Waals surface area contributed by atoms with Crippen molar-refractivity contribution in [2.75, 3.05) is 13.7 Å². The summed E-state index contributed by atoms with van der Waals surface area (Å²) in [6.07, 6.45) is 1.77. The molecule has 0 spiro atoms. The number of halogens is 1. The quantitative estimate of drug-likeness (QED) is 0.642. The zero-order chi connectivity index (χ0) is 17.6. The summed E-state index contributed by atoms with van der Waals surface area (Å²) in [5, 5.41) is 5.97. The van der Waals surface area contributed by atoms with Gasteiger partial charge in [-0.1, -0.05) is 54.1 Å². The molecule has 0 fully saturated rings. The van der Waals surface area contributed by atoms with Crippen molar-refractivity contribution in [3.05, 3.63) is 76.8 Å². The Bertz CT molecular complexity index is 887. The third-order valence-electron chi connectivity index (χ3n) is 4.19. The van der Waals surface area contributed by atoms with Gasteiger partial charge in [0.2, 0.25) is 0 Å². The Balaban J connectivity index is 1.60. The number of rotatable bonds is 6. The minimum atomic E-state index is -0.169. The Morgan fingerprint density at radius 1 is 1.08 bits per heavy atom. The van der Waals surface area contributed by atoms with E-state index in [1.807, 2.05) is 6.07 Å². The molecule has 0 aliphatic rings. The molecule has 0 saturated carbocycles. The average molecular weight is 354 g/mol. The van der Waals surface area contributed by atoms with Crippen LogP contribution in [0.4, 0.5) is 0 Å². The van der Waals surface area contributed by atoms with Gasteiger partial charge in [-0.25, -0.2) is 0 Å². The van der Waals surface area contributed by atoms with E-state index in [0.717, 1.165) is 12.8 Å². The maximum atomic E-state index is 12.4. The van der Waals surface area contributed by atoms with Gasteiger partial charge in [0.1, 0.15) is 5.75 Å². The molecule has 0 unspecified atom stereocenters. The van der Waals surface area contributed by atoms with Gasteiger partial charge in [-0.15, -0.1) is 0 Å². The van der Waals surface area contributed by atoms with E-state index in [1.54, 1.807) is 25.3 Å². The first-order chi connectivity index (χ1) is 12.2. The van der Waals surface area contributed by atoms with Crippen molar-refractivity contribution in [3.63, 3.8) is 0 Å². The molecule has 0 atom stereocenters. The van der Waals surface area contributed by atoms with Gasteiger partial charge in [-0.05, 0) is 47.4 Å². The molecule has 1 N–H and O–H groups in total. The van der Waals surface area contributed by atoms with Crippen LogP contribution in [0.15, 0.2) is 60.7 Å². The fourth-order valence-corrected chi connectivity index (χ4v) is 3.12.